The topological polar surface area (TPSA) is 40.5 Å². The summed E-state index contributed by atoms with van der Waals surface area (Å²) in [5, 5.41) is 18.5. The Morgan fingerprint density at radius 1 is 1.15 bits per heavy atom. The minimum Gasteiger partial charge on any atom is -0.390 e. The van der Waals surface area contributed by atoms with Crippen molar-refractivity contribution >= 4 is 0 Å². The highest BCUT2D eigenvalue weighted by atomic mass is 16.3. The van der Waals surface area contributed by atoms with Gasteiger partial charge < -0.3 is 10.2 Å². The van der Waals surface area contributed by atoms with Gasteiger partial charge in [0.15, 0.2) is 0 Å². The molecule has 1 aromatic rings. The summed E-state index contributed by atoms with van der Waals surface area (Å²) in [4.78, 5) is 0. The van der Waals surface area contributed by atoms with E-state index >= 15 is 0 Å². The lowest BCUT2D eigenvalue weighted by atomic mass is 9.75. The molecule has 0 heterocycles. The van der Waals surface area contributed by atoms with E-state index in [1.807, 2.05) is 18.2 Å². The van der Waals surface area contributed by atoms with Gasteiger partial charge in [-0.25, -0.2) is 0 Å². The fraction of sp³-hybridized carbons (Fsp3) is 0.455. The number of hydrogen-bond donors (Lipinski definition) is 2. The van der Waals surface area contributed by atoms with Gasteiger partial charge in [0, 0.05) is 0 Å². The Kier molecular flexibility index (Phi) is 2.34. The van der Waals surface area contributed by atoms with E-state index in [9.17, 15) is 5.11 Å². The molecular weight excluding hydrogens is 164 g/mol. The molecule has 0 saturated heterocycles. The Labute approximate surface area is 77.8 Å². The molecule has 1 aliphatic carbocycles. The number of hydrogen-bond acceptors (Lipinski definition) is 2. The van der Waals surface area contributed by atoms with E-state index in [2.05, 4.69) is 12.1 Å². The van der Waals surface area contributed by atoms with Crippen LogP contribution < -0.4 is 0 Å². The lowest BCUT2D eigenvalue weighted by molar-refractivity contribution is -0.101. The Morgan fingerprint density at radius 2 is 1.85 bits per heavy atom. The largest absolute Gasteiger partial charge is 0.390 e. The number of benzene rings is 1. The standard InChI is InChI=1S/C11H14O2/c12-10-7-9(11(10)13)6-8-4-2-1-3-5-8/h1-5,9-13H,6-7H2/t9?,10-,11+/m1/s1. The molecule has 1 aliphatic rings. The first-order valence-electron chi connectivity index (χ1n) is 4.67. The van der Waals surface area contributed by atoms with Crippen molar-refractivity contribution in [2.45, 2.75) is 25.0 Å². The summed E-state index contributed by atoms with van der Waals surface area (Å²) in [5.74, 6) is 0.248. The minimum atomic E-state index is -0.514. The third-order valence-electron chi connectivity index (χ3n) is 2.76. The molecule has 0 amide bonds. The second-order valence-electron chi connectivity index (χ2n) is 3.74. The van der Waals surface area contributed by atoms with Crippen molar-refractivity contribution in [3.63, 3.8) is 0 Å². The van der Waals surface area contributed by atoms with E-state index in [4.69, 9.17) is 5.11 Å². The molecule has 2 heteroatoms. The van der Waals surface area contributed by atoms with Gasteiger partial charge in [0.05, 0.1) is 12.2 Å². The second-order valence-corrected chi connectivity index (χ2v) is 3.74. The lowest BCUT2D eigenvalue weighted by Crippen LogP contribution is -2.47. The van der Waals surface area contributed by atoms with Gasteiger partial charge in [-0.15, -0.1) is 0 Å². The third kappa shape index (κ3) is 1.74. The molecule has 13 heavy (non-hydrogen) atoms. The normalized spacial score (nSPS) is 32.6. The summed E-state index contributed by atoms with van der Waals surface area (Å²) in [5.41, 5.74) is 1.23. The van der Waals surface area contributed by atoms with Crippen LogP contribution in [-0.4, -0.2) is 22.4 Å². The molecular formula is C11H14O2. The molecule has 0 radical (unpaired) electrons. The molecule has 0 aliphatic heterocycles. The van der Waals surface area contributed by atoms with Crippen LogP contribution in [0.25, 0.3) is 0 Å². The van der Waals surface area contributed by atoms with Crippen LogP contribution in [0.5, 0.6) is 0 Å². The van der Waals surface area contributed by atoms with Crippen molar-refractivity contribution < 1.29 is 10.2 Å². The molecule has 2 nitrogen and oxygen atoms in total. The van der Waals surface area contributed by atoms with Crippen LogP contribution in [0.3, 0.4) is 0 Å². The quantitative estimate of drug-likeness (QED) is 0.708. The zero-order valence-electron chi connectivity index (χ0n) is 7.43. The molecule has 0 aromatic heterocycles. The fourth-order valence-electron chi connectivity index (χ4n) is 1.83. The second kappa shape index (κ2) is 3.48. The highest BCUT2D eigenvalue weighted by Crippen LogP contribution is 2.30. The van der Waals surface area contributed by atoms with E-state index in [0.717, 1.165) is 12.8 Å². The maximum Gasteiger partial charge on any atom is 0.0831 e. The van der Waals surface area contributed by atoms with Crippen molar-refractivity contribution in [1.29, 1.82) is 0 Å². The van der Waals surface area contributed by atoms with Gasteiger partial charge in [-0.05, 0) is 24.3 Å². The molecule has 1 aromatic carbocycles. The van der Waals surface area contributed by atoms with Gasteiger partial charge in [0.2, 0.25) is 0 Å². The monoisotopic (exact) mass is 178 g/mol. The Bertz CT molecular complexity index is 271. The molecule has 3 atom stereocenters. The first kappa shape index (κ1) is 8.73. The maximum absolute atomic E-state index is 9.39. The van der Waals surface area contributed by atoms with E-state index < -0.39 is 12.2 Å². The molecule has 0 bridgehead atoms. The van der Waals surface area contributed by atoms with Crippen LogP contribution in [0.2, 0.25) is 0 Å². The third-order valence-corrected chi connectivity index (χ3v) is 2.76. The van der Waals surface area contributed by atoms with E-state index in [0.29, 0.717) is 0 Å². The maximum atomic E-state index is 9.39. The van der Waals surface area contributed by atoms with Crippen LogP contribution in [0, 0.1) is 5.92 Å². The summed E-state index contributed by atoms with van der Waals surface area (Å²) in [7, 11) is 0. The van der Waals surface area contributed by atoms with Crippen LogP contribution in [0.15, 0.2) is 30.3 Å². The van der Waals surface area contributed by atoms with Crippen LogP contribution >= 0.6 is 0 Å². The highest BCUT2D eigenvalue weighted by Gasteiger charge is 2.37. The van der Waals surface area contributed by atoms with E-state index in [-0.39, 0.29) is 5.92 Å². The van der Waals surface area contributed by atoms with Gasteiger partial charge in [-0.3, -0.25) is 0 Å². The molecule has 1 fully saturated rings. The SMILES string of the molecule is O[C@@H]1CC(Cc2ccccc2)[C@@H]1O. The van der Waals surface area contributed by atoms with Crippen molar-refractivity contribution in [3.8, 4) is 0 Å². The van der Waals surface area contributed by atoms with Crippen molar-refractivity contribution in [2.24, 2.45) is 5.92 Å². The number of aliphatic hydroxyl groups is 2. The van der Waals surface area contributed by atoms with Gasteiger partial charge in [-0.1, -0.05) is 30.3 Å². The van der Waals surface area contributed by atoms with Crippen LogP contribution in [0.1, 0.15) is 12.0 Å². The molecule has 1 saturated carbocycles. The van der Waals surface area contributed by atoms with Gasteiger partial charge >= 0.3 is 0 Å². The highest BCUT2D eigenvalue weighted by molar-refractivity contribution is 5.16. The van der Waals surface area contributed by atoms with Crippen LogP contribution in [-0.2, 0) is 6.42 Å². The van der Waals surface area contributed by atoms with Crippen LogP contribution in [0.4, 0.5) is 0 Å². The summed E-state index contributed by atoms with van der Waals surface area (Å²) >= 11 is 0. The van der Waals surface area contributed by atoms with Crippen molar-refractivity contribution in [2.75, 3.05) is 0 Å². The average molecular weight is 178 g/mol. The van der Waals surface area contributed by atoms with E-state index in [1.54, 1.807) is 0 Å². The molecule has 2 N–H and O–H groups in total. The summed E-state index contributed by atoms with van der Waals surface area (Å²) in [6, 6.07) is 10.1. The molecule has 70 valence electrons. The van der Waals surface area contributed by atoms with Gasteiger partial charge in [-0.2, -0.15) is 0 Å². The predicted molar refractivity (Wildman–Crippen MR) is 50.3 cm³/mol. The first-order chi connectivity index (χ1) is 6.27. The fourth-order valence-corrected chi connectivity index (χ4v) is 1.83. The number of aliphatic hydroxyl groups excluding tert-OH is 2. The first-order valence-corrected chi connectivity index (χ1v) is 4.67. The Balaban J connectivity index is 1.93. The van der Waals surface area contributed by atoms with Gasteiger partial charge in [0.25, 0.3) is 0 Å². The molecule has 1 unspecified atom stereocenters. The predicted octanol–water partition coefficient (Wildman–Crippen LogP) is 0.971. The molecule has 2 rings (SSSR count). The number of rotatable bonds is 2. The van der Waals surface area contributed by atoms with Crippen molar-refractivity contribution in [3.05, 3.63) is 35.9 Å². The van der Waals surface area contributed by atoms with Gasteiger partial charge in [0.1, 0.15) is 0 Å². The summed E-state index contributed by atoms with van der Waals surface area (Å²) < 4.78 is 0. The summed E-state index contributed by atoms with van der Waals surface area (Å²) in [6.07, 6.45) is 0.601. The van der Waals surface area contributed by atoms with E-state index in [1.165, 1.54) is 5.56 Å². The summed E-state index contributed by atoms with van der Waals surface area (Å²) in [6.45, 7) is 0. The zero-order valence-corrected chi connectivity index (χ0v) is 7.43. The zero-order chi connectivity index (χ0) is 9.26. The smallest absolute Gasteiger partial charge is 0.0831 e. The Hall–Kier alpha value is -0.860. The van der Waals surface area contributed by atoms with Crippen molar-refractivity contribution in [1.82, 2.24) is 0 Å². The average Bonchev–Trinajstić information content (AvgIpc) is 2.19. The lowest BCUT2D eigenvalue weighted by Gasteiger charge is -2.37. The Morgan fingerprint density at radius 3 is 2.38 bits per heavy atom. The molecule has 0 spiro atoms. The minimum absolute atomic E-state index is 0.248.